The molecule has 30 atom stereocenters. The lowest BCUT2D eigenvalue weighted by Crippen LogP contribution is -2.62. The number of carbonyl (C=O) groups excluding carboxylic acids is 3. The fourth-order valence-electron chi connectivity index (χ4n) is 16.3. The van der Waals surface area contributed by atoms with Crippen molar-refractivity contribution < 1.29 is 99.6 Å². The average Bonchev–Trinajstić information content (AvgIpc) is 0.804. The van der Waals surface area contributed by atoms with E-state index in [0.717, 1.165) is 29.5 Å². The van der Waals surface area contributed by atoms with E-state index >= 15 is 0 Å². The van der Waals surface area contributed by atoms with E-state index < -0.39 is 128 Å². The molecule has 6 saturated heterocycles. The topological polar surface area (TPSA) is 217 Å². The summed E-state index contributed by atoms with van der Waals surface area (Å²) in [4.78, 5) is 39.7. The molecule has 102 heavy (non-hydrogen) atoms. The standard InChI is InChI=1S/C81H122O21/c1-18-64-47(5)46(4)50(8)77(96-64)87-38-30-37-67-63(43-91-79-72(93-56(14)82)49(7)48(6)65(19-2)97-79)52(10)73(94-57(15)83)80(99-67)92-45-69-70(102-78-55(13)71(88-40-60-33-26-22-27-34-60)75(66(20-3)98-78)89-41-61-35-28-23-29-36-61)54(12)74(95-58(16)84)81(101-69)90-42-62-51(9)68(100-76(85-17)53(62)11)44-86-39-59-31-24-21-25-32-59/h21-29,31-36,46-55,62-81H,18-20,30,37-45H2,1-17H3/t46-,47-,48-,49-,50?,51-,52-,53?,54-,55+,62-,63-,64?,65?,66?,67?,68?,69?,70-,71?,72?,73?,74?,75+,76-,77+,78+,79-,80+,81-/m0/s1. The van der Waals surface area contributed by atoms with Crippen molar-refractivity contribution in [1.82, 2.24) is 0 Å². The Morgan fingerprint density at radius 1 is 0.343 bits per heavy atom. The average molecular weight is 1430 g/mol. The SMILES string of the molecule is CCC1O[C@H](O[C@@H]2C(CO[C@@H]3OC(CCCO[C@@H]4OC(CC)[C@@H](C)[C@H](C)C4C)[C@@H](CO[C@H]4OC(CC)[C@@H](C)[C@H](C)C4OC(C)=O)[C@H](C)C3OC(C)=O)O[C@H](OC[C@@H]3C(C)[C@@H](OC)OC(COCc4ccccc4)[C@H]3C)C(OC(C)=O)[C@H]2C)[C@H](C)C(OCc2ccccc2)[C@@H]1OCc1ccccc1. The molecule has 0 N–H and O–H groups in total. The summed E-state index contributed by atoms with van der Waals surface area (Å²) >= 11 is 0. The summed E-state index contributed by atoms with van der Waals surface area (Å²) in [5.41, 5.74) is 3.06. The molecular weight excluding hydrogens is 1310 g/mol. The first-order valence-electron chi connectivity index (χ1n) is 38.1. The first-order valence-corrected chi connectivity index (χ1v) is 38.1. The minimum absolute atomic E-state index is 0.0718. The van der Waals surface area contributed by atoms with Crippen LogP contribution in [0.15, 0.2) is 91.0 Å². The van der Waals surface area contributed by atoms with Gasteiger partial charge >= 0.3 is 17.9 Å². The zero-order chi connectivity index (χ0) is 73.3. The third-order valence-corrected chi connectivity index (χ3v) is 23.2. The van der Waals surface area contributed by atoms with Crippen LogP contribution >= 0.6 is 0 Å². The van der Waals surface area contributed by atoms with Gasteiger partial charge in [0.1, 0.15) is 12.2 Å². The van der Waals surface area contributed by atoms with Crippen LogP contribution in [0.4, 0.5) is 0 Å². The maximum absolute atomic E-state index is 13.5. The van der Waals surface area contributed by atoms with E-state index in [2.05, 4.69) is 69.2 Å². The number of carbonyl (C=O) groups is 3. The van der Waals surface area contributed by atoms with Crippen molar-refractivity contribution in [3.05, 3.63) is 108 Å². The summed E-state index contributed by atoms with van der Waals surface area (Å²) < 4.78 is 121. The Bertz CT molecular complexity index is 2950. The maximum Gasteiger partial charge on any atom is 0.303 e. The monoisotopic (exact) mass is 1430 g/mol. The predicted molar refractivity (Wildman–Crippen MR) is 379 cm³/mol. The van der Waals surface area contributed by atoms with E-state index in [-0.39, 0.29) is 79.9 Å². The third kappa shape index (κ3) is 21.0. The maximum atomic E-state index is 13.5. The molecule has 0 radical (unpaired) electrons. The lowest BCUT2D eigenvalue weighted by molar-refractivity contribution is -0.359. The lowest BCUT2D eigenvalue weighted by Gasteiger charge is -2.50. The molecule has 572 valence electrons. The minimum atomic E-state index is -1.15. The van der Waals surface area contributed by atoms with Crippen LogP contribution in [0.2, 0.25) is 0 Å². The van der Waals surface area contributed by atoms with Crippen LogP contribution in [0.3, 0.4) is 0 Å². The summed E-state index contributed by atoms with van der Waals surface area (Å²) in [5, 5.41) is 0. The minimum Gasteiger partial charge on any atom is -0.457 e. The molecule has 0 saturated carbocycles. The number of hydrogen-bond acceptors (Lipinski definition) is 21. The summed E-state index contributed by atoms with van der Waals surface area (Å²) in [6, 6.07) is 30.1. The lowest BCUT2D eigenvalue weighted by atomic mass is 9.78. The van der Waals surface area contributed by atoms with Gasteiger partial charge < -0.3 is 85.3 Å². The summed E-state index contributed by atoms with van der Waals surface area (Å²) in [5.74, 6) is -2.78. The van der Waals surface area contributed by atoms with Gasteiger partial charge in [0, 0.05) is 75.9 Å². The first kappa shape index (κ1) is 81.5. The van der Waals surface area contributed by atoms with Crippen LogP contribution < -0.4 is 0 Å². The smallest absolute Gasteiger partial charge is 0.303 e. The quantitative estimate of drug-likeness (QED) is 0.0314. The highest BCUT2D eigenvalue weighted by Crippen LogP contribution is 2.44. The van der Waals surface area contributed by atoms with Gasteiger partial charge in [0.05, 0.1) is 89.0 Å². The predicted octanol–water partition coefficient (Wildman–Crippen LogP) is 13.2. The van der Waals surface area contributed by atoms with E-state index in [1.54, 1.807) is 7.11 Å². The van der Waals surface area contributed by atoms with Gasteiger partial charge in [-0.3, -0.25) is 14.4 Å². The second-order valence-electron chi connectivity index (χ2n) is 30.0. The molecule has 9 rings (SSSR count). The summed E-state index contributed by atoms with van der Waals surface area (Å²) in [6.07, 6.45) is -8.70. The third-order valence-electron chi connectivity index (χ3n) is 23.2. The Morgan fingerprint density at radius 3 is 1.33 bits per heavy atom. The normalized spacial score (nSPS) is 38.8. The number of ether oxygens (including phenoxy) is 18. The zero-order valence-electron chi connectivity index (χ0n) is 63.7. The van der Waals surface area contributed by atoms with Crippen LogP contribution in [0, 0.1) is 71.0 Å². The van der Waals surface area contributed by atoms with Crippen LogP contribution in [-0.4, -0.2) is 169 Å². The van der Waals surface area contributed by atoms with Crippen molar-refractivity contribution in [2.75, 3.05) is 40.1 Å². The molecule has 6 aliphatic heterocycles. The molecule has 0 aliphatic carbocycles. The highest BCUT2D eigenvalue weighted by Gasteiger charge is 2.55. The Kier molecular flexibility index (Phi) is 31.5. The Hall–Kier alpha value is -4.53. The van der Waals surface area contributed by atoms with E-state index in [1.165, 1.54) is 20.8 Å². The molecular formula is C81H122O21. The van der Waals surface area contributed by atoms with Crippen molar-refractivity contribution in [2.45, 2.75) is 274 Å². The highest BCUT2D eigenvalue weighted by atomic mass is 16.8. The fourth-order valence-corrected chi connectivity index (χ4v) is 16.3. The largest absolute Gasteiger partial charge is 0.457 e. The number of benzene rings is 3. The molecule has 6 aliphatic rings. The van der Waals surface area contributed by atoms with E-state index in [1.807, 2.05) is 112 Å². The zero-order valence-corrected chi connectivity index (χ0v) is 63.7. The van der Waals surface area contributed by atoms with Crippen molar-refractivity contribution in [3.63, 3.8) is 0 Å². The number of esters is 3. The molecule has 0 amide bonds. The van der Waals surface area contributed by atoms with Gasteiger partial charge in [-0.05, 0) is 78.4 Å². The van der Waals surface area contributed by atoms with Crippen LogP contribution in [0.25, 0.3) is 0 Å². The first-order chi connectivity index (χ1) is 49.0. The van der Waals surface area contributed by atoms with Crippen LogP contribution in [0.1, 0.15) is 160 Å². The highest BCUT2D eigenvalue weighted by molar-refractivity contribution is 5.67. The van der Waals surface area contributed by atoms with Gasteiger partial charge in [-0.1, -0.05) is 181 Å². The molecule has 21 heteroatoms. The summed E-state index contributed by atoms with van der Waals surface area (Å²) in [7, 11) is 1.64. The van der Waals surface area contributed by atoms with Gasteiger partial charge in [-0.2, -0.15) is 0 Å². The molecule has 12 unspecified atom stereocenters. The van der Waals surface area contributed by atoms with Crippen molar-refractivity contribution >= 4 is 17.9 Å². The van der Waals surface area contributed by atoms with Gasteiger partial charge in [0.2, 0.25) is 0 Å². The van der Waals surface area contributed by atoms with Gasteiger partial charge in [0.15, 0.2) is 56.1 Å². The van der Waals surface area contributed by atoms with E-state index in [0.29, 0.717) is 64.1 Å². The van der Waals surface area contributed by atoms with Gasteiger partial charge in [-0.25, -0.2) is 0 Å². The number of hydrogen-bond donors (Lipinski definition) is 0. The van der Waals surface area contributed by atoms with E-state index in [9.17, 15) is 14.4 Å². The molecule has 3 aromatic rings. The fraction of sp³-hybridized carbons (Fsp3) is 0.741. The Morgan fingerprint density at radius 2 is 0.794 bits per heavy atom. The molecule has 6 heterocycles. The Labute approximate surface area is 607 Å². The van der Waals surface area contributed by atoms with Gasteiger partial charge in [0.25, 0.3) is 0 Å². The molecule has 21 nitrogen and oxygen atoms in total. The van der Waals surface area contributed by atoms with Crippen molar-refractivity contribution in [1.29, 1.82) is 0 Å². The van der Waals surface area contributed by atoms with Crippen LogP contribution in [-0.2, 0) is 119 Å². The Balaban J connectivity index is 1.03. The molecule has 0 aromatic heterocycles. The molecule has 0 spiro atoms. The second kappa shape index (κ2) is 39.4. The van der Waals surface area contributed by atoms with Crippen molar-refractivity contribution in [3.8, 4) is 0 Å². The van der Waals surface area contributed by atoms with Gasteiger partial charge in [-0.15, -0.1) is 0 Å². The molecule has 6 fully saturated rings. The number of rotatable bonds is 33. The summed E-state index contributed by atoms with van der Waals surface area (Å²) in [6.45, 7) is 33.4. The van der Waals surface area contributed by atoms with Crippen molar-refractivity contribution in [2.24, 2.45) is 71.0 Å². The number of methoxy groups -OCH3 is 1. The molecule has 0 bridgehead atoms. The van der Waals surface area contributed by atoms with Crippen LogP contribution in [0.5, 0.6) is 0 Å². The van der Waals surface area contributed by atoms with E-state index in [4.69, 9.17) is 85.3 Å². The second-order valence-corrected chi connectivity index (χ2v) is 30.0. The molecule has 3 aromatic carbocycles.